The fraction of sp³-hybridized carbons (Fsp3) is 1.00. The number of ether oxygens (including phenoxy) is 1. The van der Waals surface area contributed by atoms with E-state index < -0.39 is 0 Å². The van der Waals surface area contributed by atoms with E-state index in [0.29, 0.717) is 25.3 Å². The summed E-state index contributed by atoms with van der Waals surface area (Å²) < 4.78 is 5.74. The van der Waals surface area contributed by atoms with Gasteiger partial charge in [0, 0.05) is 12.6 Å². The smallest absolute Gasteiger partial charge is 0.0897 e. The first-order valence-corrected chi connectivity index (χ1v) is 7.87. The van der Waals surface area contributed by atoms with Gasteiger partial charge in [-0.1, -0.05) is 38.5 Å². The normalized spacial score (nSPS) is 25.2. The Labute approximate surface area is 111 Å². The number of hydrogen-bond acceptors (Lipinski definition) is 3. The van der Waals surface area contributed by atoms with Crippen molar-refractivity contribution < 1.29 is 9.84 Å². The number of hydrogen-bond donors (Lipinski definition) is 2. The Morgan fingerprint density at radius 1 is 0.944 bits per heavy atom. The van der Waals surface area contributed by atoms with Crippen molar-refractivity contribution in [2.45, 2.75) is 82.5 Å². The predicted octanol–water partition coefficient (Wildman–Crippen LogP) is 2.62. The molecule has 0 aromatic heterocycles. The van der Waals surface area contributed by atoms with Crippen LogP contribution in [0.3, 0.4) is 0 Å². The fourth-order valence-corrected chi connectivity index (χ4v) is 3.15. The van der Waals surface area contributed by atoms with Crippen LogP contribution in [0.2, 0.25) is 0 Å². The number of nitrogens with one attached hydrogen (secondary N) is 1. The fourth-order valence-electron chi connectivity index (χ4n) is 3.15. The lowest BCUT2D eigenvalue weighted by Gasteiger charge is -2.20. The molecule has 2 aliphatic carbocycles. The van der Waals surface area contributed by atoms with Crippen molar-refractivity contribution in [1.29, 1.82) is 0 Å². The minimum absolute atomic E-state index is 0.339. The summed E-state index contributed by atoms with van der Waals surface area (Å²) in [6.45, 7) is 1.20. The van der Waals surface area contributed by atoms with E-state index >= 15 is 0 Å². The number of aliphatic hydroxyl groups excluding tert-OH is 1. The average Bonchev–Trinajstić information content (AvgIpc) is 2.76. The Morgan fingerprint density at radius 3 is 2.22 bits per heavy atom. The van der Waals surface area contributed by atoms with E-state index in [2.05, 4.69) is 5.32 Å². The van der Waals surface area contributed by atoms with Crippen LogP contribution in [0.5, 0.6) is 0 Å². The Morgan fingerprint density at radius 2 is 1.56 bits per heavy atom. The first-order chi connectivity index (χ1) is 8.84. The molecule has 0 aromatic rings. The third-order valence-electron chi connectivity index (χ3n) is 4.32. The Kier molecular flexibility index (Phi) is 6.46. The molecule has 2 saturated carbocycles. The monoisotopic (exact) mass is 255 g/mol. The van der Waals surface area contributed by atoms with Gasteiger partial charge in [0.05, 0.1) is 18.8 Å². The molecule has 0 amide bonds. The van der Waals surface area contributed by atoms with Crippen molar-refractivity contribution in [3.8, 4) is 0 Å². The maximum absolute atomic E-state index is 9.92. The van der Waals surface area contributed by atoms with Crippen LogP contribution in [0.4, 0.5) is 0 Å². The van der Waals surface area contributed by atoms with Gasteiger partial charge >= 0.3 is 0 Å². The molecule has 106 valence electrons. The van der Waals surface area contributed by atoms with Crippen molar-refractivity contribution >= 4 is 0 Å². The van der Waals surface area contributed by atoms with E-state index in [0.717, 1.165) is 0 Å². The van der Waals surface area contributed by atoms with Crippen LogP contribution < -0.4 is 5.32 Å². The molecule has 1 atom stereocenters. The van der Waals surface area contributed by atoms with E-state index in [1.807, 2.05) is 0 Å². The highest BCUT2D eigenvalue weighted by molar-refractivity contribution is 4.73. The van der Waals surface area contributed by atoms with E-state index in [4.69, 9.17) is 4.74 Å². The number of rotatable bonds is 6. The lowest BCUT2D eigenvalue weighted by molar-refractivity contribution is -0.00636. The summed E-state index contributed by atoms with van der Waals surface area (Å²) in [6.07, 6.45) is 13.0. The molecule has 2 N–H and O–H groups in total. The summed E-state index contributed by atoms with van der Waals surface area (Å²) in [5, 5.41) is 13.4. The van der Waals surface area contributed by atoms with Crippen LogP contribution >= 0.6 is 0 Å². The second-order valence-electron chi connectivity index (χ2n) is 5.99. The topological polar surface area (TPSA) is 41.5 Å². The lowest BCUT2D eigenvalue weighted by Crippen LogP contribution is -2.37. The van der Waals surface area contributed by atoms with Crippen molar-refractivity contribution in [2.75, 3.05) is 13.2 Å². The van der Waals surface area contributed by atoms with Crippen molar-refractivity contribution in [2.24, 2.45) is 0 Å². The maximum Gasteiger partial charge on any atom is 0.0897 e. The Balaban J connectivity index is 1.54. The largest absolute Gasteiger partial charge is 0.389 e. The molecule has 3 heteroatoms. The summed E-state index contributed by atoms with van der Waals surface area (Å²) in [7, 11) is 0. The van der Waals surface area contributed by atoms with Crippen LogP contribution in [-0.2, 0) is 4.74 Å². The van der Waals surface area contributed by atoms with Gasteiger partial charge in [0.2, 0.25) is 0 Å². The molecule has 2 fully saturated rings. The van der Waals surface area contributed by atoms with Gasteiger partial charge in [-0.25, -0.2) is 0 Å². The van der Waals surface area contributed by atoms with Crippen molar-refractivity contribution in [3.63, 3.8) is 0 Å². The highest BCUT2D eigenvalue weighted by Crippen LogP contribution is 2.21. The quantitative estimate of drug-likeness (QED) is 0.717. The molecular formula is C15H29NO2. The molecule has 0 spiro atoms. The van der Waals surface area contributed by atoms with E-state index in [9.17, 15) is 5.11 Å². The molecule has 0 aliphatic heterocycles. The zero-order valence-electron chi connectivity index (χ0n) is 11.6. The van der Waals surface area contributed by atoms with Crippen LogP contribution in [0.1, 0.15) is 64.2 Å². The zero-order chi connectivity index (χ0) is 12.6. The molecule has 18 heavy (non-hydrogen) atoms. The van der Waals surface area contributed by atoms with E-state index in [1.165, 1.54) is 64.2 Å². The first-order valence-electron chi connectivity index (χ1n) is 7.87. The predicted molar refractivity (Wildman–Crippen MR) is 73.7 cm³/mol. The summed E-state index contributed by atoms with van der Waals surface area (Å²) >= 11 is 0. The van der Waals surface area contributed by atoms with Gasteiger partial charge < -0.3 is 15.2 Å². The highest BCUT2D eigenvalue weighted by Gasteiger charge is 2.18. The van der Waals surface area contributed by atoms with Crippen LogP contribution in [-0.4, -0.2) is 36.5 Å². The summed E-state index contributed by atoms with van der Waals surface area (Å²) in [5.41, 5.74) is 0. The summed E-state index contributed by atoms with van der Waals surface area (Å²) in [5.74, 6) is 0. The molecule has 0 bridgehead atoms. The van der Waals surface area contributed by atoms with Gasteiger partial charge in [0.15, 0.2) is 0 Å². The molecule has 0 heterocycles. The van der Waals surface area contributed by atoms with Gasteiger partial charge in [-0.15, -0.1) is 0 Å². The maximum atomic E-state index is 9.92. The molecule has 2 aliphatic rings. The van der Waals surface area contributed by atoms with Crippen LogP contribution in [0, 0.1) is 0 Å². The molecule has 0 radical (unpaired) electrons. The summed E-state index contributed by atoms with van der Waals surface area (Å²) in [4.78, 5) is 0. The van der Waals surface area contributed by atoms with Gasteiger partial charge in [0.1, 0.15) is 0 Å². The molecule has 3 nitrogen and oxygen atoms in total. The van der Waals surface area contributed by atoms with Gasteiger partial charge in [-0.3, -0.25) is 0 Å². The highest BCUT2D eigenvalue weighted by atomic mass is 16.5. The third kappa shape index (κ3) is 5.25. The average molecular weight is 255 g/mol. The number of aliphatic hydroxyl groups is 1. The van der Waals surface area contributed by atoms with Crippen LogP contribution in [0.15, 0.2) is 0 Å². The van der Waals surface area contributed by atoms with Crippen LogP contribution in [0.25, 0.3) is 0 Å². The molecule has 0 saturated heterocycles. The summed E-state index contributed by atoms with van der Waals surface area (Å²) in [6, 6.07) is 0.619. The molecular weight excluding hydrogens is 226 g/mol. The molecule has 1 unspecified atom stereocenters. The van der Waals surface area contributed by atoms with Gasteiger partial charge in [-0.05, 0) is 25.7 Å². The van der Waals surface area contributed by atoms with Gasteiger partial charge in [-0.2, -0.15) is 0 Å². The Hall–Kier alpha value is -0.120. The Bertz CT molecular complexity index is 209. The van der Waals surface area contributed by atoms with Gasteiger partial charge in [0.25, 0.3) is 0 Å². The second kappa shape index (κ2) is 8.13. The minimum Gasteiger partial charge on any atom is -0.389 e. The standard InChI is InChI=1S/C15H29NO2/c17-14(12-18-15-9-5-6-10-15)11-16-13-7-3-1-2-4-8-13/h13-17H,1-12H2. The molecule has 0 aromatic carbocycles. The third-order valence-corrected chi connectivity index (χ3v) is 4.32. The second-order valence-corrected chi connectivity index (χ2v) is 5.99. The minimum atomic E-state index is -0.339. The lowest BCUT2D eigenvalue weighted by atomic mass is 10.1. The van der Waals surface area contributed by atoms with Crippen molar-refractivity contribution in [3.05, 3.63) is 0 Å². The van der Waals surface area contributed by atoms with Crippen molar-refractivity contribution in [1.82, 2.24) is 5.32 Å². The zero-order valence-corrected chi connectivity index (χ0v) is 11.6. The van der Waals surface area contributed by atoms with E-state index in [1.54, 1.807) is 0 Å². The SMILES string of the molecule is OC(CNC1CCCCCC1)COC1CCCC1. The van der Waals surface area contributed by atoms with E-state index in [-0.39, 0.29) is 6.10 Å². The first kappa shape index (κ1) is 14.3. The molecule has 2 rings (SSSR count).